The summed E-state index contributed by atoms with van der Waals surface area (Å²) < 4.78 is 6.86. The van der Waals surface area contributed by atoms with Gasteiger partial charge in [-0.2, -0.15) is 0 Å². The number of furan rings is 1. The van der Waals surface area contributed by atoms with Gasteiger partial charge >= 0.3 is 0 Å². The Bertz CT molecular complexity index is 2250. The van der Waals surface area contributed by atoms with Gasteiger partial charge in [-0.15, -0.1) is 0 Å². The van der Waals surface area contributed by atoms with Crippen LogP contribution in [0.25, 0.3) is 65.7 Å². The maximum atomic E-state index is 6.86. The van der Waals surface area contributed by atoms with E-state index in [-0.39, 0.29) is 5.41 Å². The average Bonchev–Trinajstić information content (AvgIpc) is 3.61. The van der Waals surface area contributed by atoms with Crippen molar-refractivity contribution in [2.24, 2.45) is 0 Å². The number of hydrogen-bond donors (Lipinski definition) is 0. The first-order valence-electron chi connectivity index (χ1n) is 13.3. The molecule has 1 spiro atoms. The molecule has 0 atom stereocenters. The van der Waals surface area contributed by atoms with Gasteiger partial charge in [-0.25, -0.2) is 0 Å². The minimum Gasteiger partial charge on any atom is -0.455 e. The Morgan fingerprint density at radius 2 is 0.974 bits per heavy atom. The van der Waals surface area contributed by atoms with Crippen LogP contribution < -0.4 is 0 Å². The Kier molecular flexibility index (Phi) is 3.21. The Hall–Kier alpha value is -4.88. The third-order valence-corrected chi connectivity index (χ3v) is 9.23. The van der Waals surface area contributed by atoms with Gasteiger partial charge in [0.2, 0.25) is 0 Å². The standard InChI is InChI=1S/C37H20O/c1-2-11-22-21(10-1)25-15-9-19-32-34(25)35-27(22)20-31-33(36(35)38-32)26-14-5-8-18-30(26)37(31)28-16-6-3-12-23(28)24-13-4-7-17-29(24)37/h1-20H. The van der Waals surface area contributed by atoms with E-state index < -0.39 is 0 Å². The highest BCUT2D eigenvalue weighted by Crippen LogP contribution is 2.64. The molecule has 7 aromatic carbocycles. The molecule has 0 unspecified atom stereocenters. The van der Waals surface area contributed by atoms with Gasteiger partial charge in [-0.1, -0.05) is 109 Å². The third-order valence-electron chi connectivity index (χ3n) is 9.23. The number of hydrogen-bond acceptors (Lipinski definition) is 1. The molecule has 8 aromatic rings. The van der Waals surface area contributed by atoms with Gasteiger partial charge in [0, 0.05) is 16.3 Å². The molecule has 2 aliphatic carbocycles. The largest absolute Gasteiger partial charge is 0.455 e. The molecule has 38 heavy (non-hydrogen) atoms. The third kappa shape index (κ3) is 1.92. The monoisotopic (exact) mass is 480 g/mol. The Labute approximate surface area is 218 Å². The molecule has 0 amide bonds. The Balaban J connectivity index is 1.52. The van der Waals surface area contributed by atoms with Gasteiger partial charge in [0.25, 0.3) is 0 Å². The maximum absolute atomic E-state index is 6.86. The number of fused-ring (bicyclic) bond motifs is 14. The summed E-state index contributed by atoms with van der Waals surface area (Å²) in [7, 11) is 0. The molecule has 1 nitrogen and oxygen atoms in total. The molecule has 0 N–H and O–H groups in total. The van der Waals surface area contributed by atoms with Gasteiger partial charge in [-0.05, 0) is 72.6 Å². The fourth-order valence-electron chi connectivity index (χ4n) is 7.93. The lowest BCUT2D eigenvalue weighted by atomic mass is 9.70. The van der Waals surface area contributed by atoms with E-state index in [1.165, 1.54) is 76.8 Å². The topological polar surface area (TPSA) is 13.1 Å². The van der Waals surface area contributed by atoms with Crippen molar-refractivity contribution in [3.8, 4) is 22.3 Å². The minimum absolute atomic E-state index is 0.377. The van der Waals surface area contributed by atoms with E-state index >= 15 is 0 Å². The van der Waals surface area contributed by atoms with Crippen LogP contribution in [0.3, 0.4) is 0 Å². The second kappa shape index (κ2) is 6.33. The van der Waals surface area contributed by atoms with Crippen molar-refractivity contribution in [2.75, 3.05) is 0 Å². The van der Waals surface area contributed by atoms with Gasteiger partial charge in [0.15, 0.2) is 0 Å². The smallest absolute Gasteiger partial charge is 0.144 e. The zero-order valence-corrected chi connectivity index (χ0v) is 20.5. The van der Waals surface area contributed by atoms with Crippen molar-refractivity contribution in [1.29, 1.82) is 0 Å². The molecule has 0 saturated heterocycles. The predicted octanol–water partition coefficient (Wildman–Crippen LogP) is 9.67. The molecular formula is C37H20O. The van der Waals surface area contributed by atoms with Crippen molar-refractivity contribution in [3.63, 3.8) is 0 Å². The van der Waals surface area contributed by atoms with Gasteiger partial charge in [-0.3, -0.25) is 0 Å². The Morgan fingerprint density at radius 1 is 0.421 bits per heavy atom. The normalized spacial score (nSPS) is 14.5. The summed E-state index contributed by atoms with van der Waals surface area (Å²) in [4.78, 5) is 0. The summed E-state index contributed by atoms with van der Waals surface area (Å²) in [6, 6.07) is 44.8. The summed E-state index contributed by atoms with van der Waals surface area (Å²) in [5, 5.41) is 7.60. The molecule has 0 saturated carbocycles. The van der Waals surface area contributed by atoms with Crippen molar-refractivity contribution < 1.29 is 4.42 Å². The summed E-state index contributed by atoms with van der Waals surface area (Å²) in [6.07, 6.45) is 0. The summed E-state index contributed by atoms with van der Waals surface area (Å²) in [6.45, 7) is 0. The molecule has 10 rings (SSSR count). The van der Waals surface area contributed by atoms with Gasteiger partial charge in [0.05, 0.1) is 5.41 Å². The van der Waals surface area contributed by atoms with Crippen molar-refractivity contribution >= 4 is 43.5 Å². The van der Waals surface area contributed by atoms with E-state index in [1.54, 1.807) is 0 Å². The average molecular weight is 481 g/mol. The zero-order chi connectivity index (χ0) is 24.6. The van der Waals surface area contributed by atoms with Crippen LogP contribution in [0, 0.1) is 0 Å². The highest BCUT2D eigenvalue weighted by Gasteiger charge is 2.52. The van der Waals surface area contributed by atoms with E-state index in [2.05, 4.69) is 121 Å². The molecule has 0 radical (unpaired) electrons. The molecular weight excluding hydrogens is 460 g/mol. The van der Waals surface area contributed by atoms with Gasteiger partial charge in [0.1, 0.15) is 11.2 Å². The second-order valence-electron chi connectivity index (χ2n) is 10.8. The predicted molar refractivity (Wildman–Crippen MR) is 156 cm³/mol. The maximum Gasteiger partial charge on any atom is 0.144 e. The minimum atomic E-state index is -0.377. The van der Waals surface area contributed by atoms with Crippen molar-refractivity contribution in [2.45, 2.75) is 5.41 Å². The van der Waals surface area contributed by atoms with Crippen LogP contribution in [-0.4, -0.2) is 0 Å². The molecule has 1 heteroatoms. The lowest BCUT2D eigenvalue weighted by Gasteiger charge is -2.30. The van der Waals surface area contributed by atoms with Crippen LogP contribution in [0.2, 0.25) is 0 Å². The van der Waals surface area contributed by atoms with Crippen LogP contribution >= 0.6 is 0 Å². The summed E-state index contributed by atoms with van der Waals surface area (Å²) in [5.74, 6) is 0. The summed E-state index contributed by atoms with van der Waals surface area (Å²) in [5.41, 5.74) is 12.2. The first-order chi connectivity index (χ1) is 18.9. The van der Waals surface area contributed by atoms with Crippen LogP contribution in [0.5, 0.6) is 0 Å². The zero-order valence-electron chi connectivity index (χ0n) is 20.5. The van der Waals surface area contributed by atoms with Crippen LogP contribution in [0.4, 0.5) is 0 Å². The van der Waals surface area contributed by atoms with E-state index in [0.717, 1.165) is 11.2 Å². The van der Waals surface area contributed by atoms with E-state index in [1.807, 2.05) is 0 Å². The number of benzene rings is 7. The first kappa shape index (κ1) is 19.3. The van der Waals surface area contributed by atoms with Crippen molar-refractivity contribution in [3.05, 3.63) is 144 Å². The molecule has 174 valence electrons. The first-order valence-corrected chi connectivity index (χ1v) is 13.3. The lowest BCUT2D eigenvalue weighted by molar-refractivity contribution is 0.669. The van der Waals surface area contributed by atoms with Crippen LogP contribution in [-0.2, 0) is 5.41 Å². The van der Waals surface area contributed by atoms with Crippen LogP contribution in [0.15, 0.2) is 126 Å². The Morgan fingerprint density at radius 3 is 1.68 bits per heavy atom. The second-order valence-corrected chi connectivity index (χ2v) is 10.8. The molecule has 0 aliphatic heterocycles. The van der Waals surface area contributed by atoms with E-state index in [9.17, 15) is 0 Å². The lowest BCUT2D eigenvalue weighted by Crippen LogP contribution is -2.25. The number of rotatable bonds is 0. The molecule has 1 aromatic heterocycles. The SMILES string of the molecule is c1ccc2c(c1)-c1ccccc1C21c2ccccc2-c2c1cc1c3ccccc3c3cccc4oc2c1c43. The molecule has 0 fully saturated rings. The van der Waals surface area contributed by atoms with Crippen molar-refractivity contribution in [1.82, 2.24) is 0 Å². The van der Waals surface area contributed by atoms with Gasteiger partial charge < -0.3 is 4.42 Å². The highest BCUT2D eigenvalue weighted by atomic mass is 16.3. The molecule has 1 heterocycles. The molecule has 2 aliphatic rings. The molecule has 0 bridgehead atoms. The quantitative estimate of drug-likeness (QED) is 0.197. The fraction of sp³-hybridized carbons (Fsp3) is 0.0270. The van der Waals surface area contributed by atoms with Crippen LogP contribution in [0.1, 0.15) is 22.3 Å². The van der Waals surface area contributed by atoms with E-state index in [0.29, 0.717) is 0 Å². The van der Waals surface area contributed by atoms with E-state index in [4.69, 9.17) is 4.42 Å². The highest BCUT2D eigenvalue weighted by molar-refractivity contribution is 6.35. The fourth-order valence-corrected chi connectivity index (χ4v) is 7.93. The summed E-state index contributed by atoms with van der Waals surface area (Å²) >= 11 is 0.